The highest BCUT2D eigenvalue weighted by molar-refractivity contribution is 6.33. The van der Waals surface area contributed by atoms with Crippen LogP contribution in [0, 0.1) is 0 Å². The first-order chi connectivity index (χ1) is 13.4. The number of benzene rings is 2. The van der Waals surface area contributed by atoms with Crippen molar-refractivity contribution in [2.75, 3.05) is 13.7 Å². The summed E-state index contributed by atoms with van der Waals surface area (Å²) in [7, 11) is 1.25. The zero-order chi connectivity index (χ0) is 20.3. The summed E-state index contributed by atoms with van der Waals surface area (Å²) in [6.45, 7) is -0.293. The third-order valence-electron chi connectivity index (χ3n) is 4.17. The first-order valence-electron chi connectivity index (χ1n) is 8.24. The highest BCUT2D eigenvalue weighted by Gasteiger charge is 2.49. The summed E-state index contributed by atoms with van der Waals surface area (Å²) < 4.78 is 10.0. The number of halogens is 2. The number of alkyl halides is 1. The molecule has 1 aliphatic heterocycles. The van der Waals surface area contributed by atoms with Gasteiger partial charge in [0.1, 0.15) is 17.2 Å². The van der Waals surface area contributed by atoms with E-state index in [2.05, 4.69) is 10.2 Å². The Balaban J connectivity index is 1.79. The van der Waals surface area contributed by atoms with Crippen LogP contribution in [0.3, 0.4) is 0 Å². The van der Waals surface area contributed by atoms with Crippen LogP contribution < -0.4 is 10.2 Å². The number of carbonyl (C=O) groups excluding carboxylic acids is 3. The number of carbonyl (C=O) groups is 3. The Labute approximate surface area is 171 Å². The number of esters is 1. The van der Waals surface area contributed by atoms with Crippen LogP contribution in [0.25, 0.3) is 0 Å². The van der Waals surface area contributed by atoms with Crippen molar-refractivity contribution in [2.24, 2.45) is 0 Å². The number of ether oxygens (including phenoxy) is 2. The average molecular weight is 423 g/mol. The van der Waals surface area contributed by atoms with Gasteiger partial charge in [0.05, 0.1) is 7.11 Å². The Kier molecular flexibility index (Phi) is 6.06. The van der Waals surface area contributed by atoms with E-state index in [0.29, 0.717) is 21.9 Å². The number of para-hydroxylation sites is 1. The van der Waals surface area contributed by atoms with E-state index in [1.165, 1.54) is 7.11 Å². The largest absolute Gasteiger partial charge is 0.482 e. The summed E-state index contributed by atoms with van der Waals surface area (Å²) in [6.07, 6.45) is 0. The lowest BCUT2D eigenvalue weighted by Gasteiger charge is -2.44. The molecule has 3 rings (SSSR count). The van der Waals surface area contributed by atoms with Crippen molar-refractivity contribution in [2.45, 2.75) is 11.4 Å². The molecule has 1 saturated heterocycles. The molecule has 146 valence electrons. The lowest BCUT2D eigenvalue weighted by Crippen LogP contribution is -2.63. The maximum Gasteiger partial charge on any atom is 0.343 e. The molecule has 2 aromatic rings. The maximum absolute atomic E-state index is 12.4. The third kappa shape index (κ3) is 4.05. The van der Waals surface area contributed by atoms with E-state index in [-0.39, 0.29) is 6.61 Å². The minimum absolute atomic E-state index is 0.293. The van der Waals surface area contributed by atoms with Crippen molar-refractivity contribution < 1.29 is 23.9 Å². The summed E-state index contributed by atoms with van der Waals surface area (Å²) in [5, 5.41) is 0.759. The van der Waals surface area contributed by atoms with Gasteiger partial charge in [-0.15, -0.1) is 11.6 Å². The fourth-order valence-corrected chi connectivity index (χ4v) is 3.18. The molecule has 28 heavy (non-hydrogen) atoms. The minimum atomic E-state index is -0.881. The molecule has 0 radical (unpaired) electrons. The van der Waals surface area contributed by atoms with Gasteiger partial charge in [0, 0.05) is 16.1 Å². The molecule has 7 nitrogen and oxygen atoms in total. The van der Waals surface area contributed by atoms with Crippen LogP contribution in [0.4, 0.5) is 0 Å². The quantitative estimate of drug-likeness (QED) is 0.439. The molecular formula is C19H16Cl2N2O5. The van der Waals surface area contributed by atoms with Gasteiger partial charge in [-0.25, -0.2) is 9.80 Å². The Morgan fingerprint density at radius 3 is 2.50 bits per heavy atom. The highest BCUT2D eigenvalue weighted by Crippen LogP contribution is 2.41. The molecule has 2 unspecified atom stereocenters. The van der Waals surface area contributed by atoms with Gasteiger partial charge in [-0.05, 0) is 30.3 Å². The van der Waals surface area contributed by atoms with Gasteiger partial charge in [-0.2, -0.15) is 0 Å². The maximum atomic E-state index is 12.4. The van der Waals surface area contributed by atoms with Crippen molar-refractivity contribution in [1.82, 2.24) is 10.4 Å². The molecule has 2 aromatic carbocycles. The fourth-order valence-electron chi connectivity index (χ4n) is 2.70. The number of β-lactam (4-membered cyclic amide) rings is 1. The minimum Gasteiger partial charge on any atom is -0.482 e. The molecule has 0 bridgehead atoms. The van der Waals surface area contributed by atoms with Gasteiger partial charge in [0.15, 0.2) is 6.61 Å². The fraction of sp³-hybridized carbons (Fsp3) is 0.211. The molecule has 2 atom stereocenters. The summed E-state index contributed by atoms with van der Waals surface area (Å²) in [4.78, 5) is 36.0. The van der Waals surface area contributed by atoms with Gasteiger partial charge >= 0.3 is 5.97 Å². The van der Waals surface area contributed by atoms with Crippen LogP contribution in [0.15, 0.2) is 48.5 Å². The third-order valence-corrected chi connectivity index (χ3v) is 4.85. The van der Waals surface area contributed by atoms with E-state index in [4.69, 9.17) is 27.9 Å². The van der Waals surface area contributed by atoms with Crippen LogP contribution >= 0.6 is 23.2 Å². The van der Waals surface area contributed by atoms with Crippen LogP contribution in [0.5, 0.6) is 5.75 Å². The van der Waals surface area contributed by atoms with Crippen LogP contribution in [-0.2, 0) is 14.3 Å². The normalized spacial score (nSPS) is 18.2. The first-order valence-corrected chi connectivity index (χ1v) is 9.06. The first kappa shape index (κ1) is 20.0. The van der Waals surface area contributed by atoms with E-state index in [9.17, 15) is 14.4 Å². The second-order valence-corrected chi connectivity index (χ2v) is 6.81. The van der Waals surface area contributed by atoms with Crippen molar-refractivity contribution >= 4 is 41.0 Å². The van der Waals surface area contributed by atoms with E-state index < -0.39 is 29.2 Å². The Morgan fingerprint density at radius 2 is 1.82 bits per heavy atom. The zero-order valence-electron chi connectivity index (χ0n) is 14.7. The number of hydrogen-bond donors (Lipinski definition) is 1. The molecule has 1 N–H and O–H groups in total. The lowest BCUT2D eigenvalue weighted by molar-refractivity contribution is -0.150. The molecule has 2 amide bonds. The molecule has 1 heterocycles. The van der Waals surface area contributed by atoms with Crippen LogP contribution in [0.2, 0.25) is 5.02 Å². The molecule has 1 fully saturated rings. The molecule has 0 aromatic heterocycles. The van der Waals surface area contributed by atoms with E-state index in [1.54, 1.807) is 48.5 Å². The topological polar surface area (TPSA) is 84.9 Å². The predicted octanol–water partition coefficient (Wildman–Crippen LogP) is 2.73. The van der Waals surface area contributed by atoms with Gasteiger partial charge in [-0.1, -0.05) is 29.8 Å². The van der Waals surface area contributed by atoms with Crippen LogP contribution in [0.1, 0.15) is 22.0 Å². The predicted molar refractivity (Wildman–Crippen MR) is 102 cm³/mol. The SMILES string of the molecule is COC(=O)COc1ccccc1C1C(Cl)C(=O)N1NC(=O)c1ccc(Cl)cc1. The lowest BCUT2D eigenvalue weighted by atomic mass is 9.94. The van der Waals surface area contributed by atoms with Crippen LogP contribution in [-0.4, -0.2) is 41.9 Å². The van der Waals surface area contributed by atoms with Crippen molar-refractivity contribution in [3.8, 4) is 5.75 Å². The number of nitrogens with one attached hydrogen (secondary N) is 1. The number of nitrogens with zero attached hydrogens (tertiary/aromatic N) is 1. The highest BCUT2D eigenvalue weighted by atomic mass is 35.5. The molecule has 1 aliphatic rings. The van der Waals surface area contributed by atoms with Crippen molar-refractivity contribution in [3.05, 3.63) is 64.7 Å². The Morgan fingerprint density at radius 1 is 1.14 bits per heavy atom. The molecule has 0 spiro atoms. The number of rotatable bonds is 6. The standard InChI is InChI=1S/C19H16Cl2N2O5/c1-27-15(24)10-28-14-5-3-2-4-13(14)17-16(21)19(26)23(17)22-18(25)11-6-8-12(20)9-7-11/h2-9,16-17H,10H2,1H3,(H,22,25). The molecule has 0 aliphatic carbocycles. The number of hydrazine groups is 1. The van der Waals surface area contributed by atoms with E-state index >= 15 is 0 Å². The van der Waals surface area contributed by atoms with Gasteiger partial charge in [0.25, 0.3) is 11.8 Å². The van der Waals surface area contributed by atoms with Crippen molar-refractivity contribution in [1.29, 1.82) is 0 Å². The van der Waals surface area contributed by atoms with Gasteiger partial charge < -0.3 is 9.47 Å². The smallest absolute Gasteiger partial charge is 0.343 e. The number of methoxy groups -OCH3 is 1. The van der Waals surface area contributed by atoms with E-state index in [1.807, 2.05) is 0 Å². The Hall–Kier alpha value is -2.77. The van der Waals surface area contributed by atoms with Gasteiger partial charge in [0.2, 0.25) is 0 Å². The average Bonchev–Trinajstić information content (AvgIpc) is 2.72. The number of hydrogen-bond acceptors (Lipinski definition) is 5. The summed E-state index contributed by atoms with van der Waals surface area (Å²) in [5.41, 5.74) is 3.45. The summed E-state index contributed by atoms with van der Waals surface area (Å²) >= 11 is 12.0. The zero-order valence-corrected chi connectivity index (χ0v) is 16.2. The summed E-state index contributed by atoms with van der Waals surface area (Å²) in [5.74, 6) is -1.11. The van der Waals surface area contributed by atoms with Crippen molar-refractivity contribution in [3.63, 3.8) is 0 Å². The molecule has 0 saturated carbocycles. The second-order valence-electron chi connectivity index (χ2n) is 5.91. The van der Waals surface area contributed by atoms with E-state index in [0.717, 1.165) is 5.01 Å². The second kappa shape index (κ2) is 8.50. The monoisotopic (exact) mass is 422 g/mol. The van der Waals surface area contributed by atoms with Gasteiger partial charge in [-0.3, -0.25) is 15.0 Å². The summed E-state index contributed by atoms with van der Waals surface area (Å²) in [6, 6.07) is 12.4. The number of amides is 2. The molecular weight excluding hydrogens is 407 g/mol. The Bertz CT molecular complexity index is 903. The molecule has 9 heteroatoms.